The maximum atomic E-state index is 5.93. The van der Waals surface area contributed by atoms with Crippen LogP contribution in [0.3, 0.4) is 0 Å². The molecule has 0 amide bonds. The number of halogens is 1. The number of benzene rings is 1. The van der Waals surface area contributed by atoms with E-state index in [1.807, 2.05) is 12.1 Å². The van der Waals surface area contributed by atoms with E-state index in [0.29, 0.717) is 0 Å². The molecule has 0 fully saturated rings. The lowest BCUT2D eigenvalue weighted by atomic mass is 10.2. The number of fused-ring (bicyclic) bond motifs is 1. The Kier molecular flexibility index (Phi) is 2.28. The summed E-state index contributed by atoms with van der Waals surface area (Å²) < 4.78 is 2.24. The van der Waals surface area contributed by atoms with Crippen molar-refractivity contribution in [1.82, 2.24) is 4.57 Å². The fourth-order valence-corrected chi connectivity index (χ4v) is 1.76. The zero-order valence-electron chi connectivity index (χ0n) is 7.63. The van der Waals surface area contributed by atoms with Crippen LogP contribution in [0, 0.1) is 0 Å². The van der Waals surface area contributed by atoms with Gasteiger partial charge in [0.25, 0.3) is 0 Å². The van der Waals surface area contributed by atoms with Crippen LogP contribution in [0.5, 0.6) is 0 Å². The Morgan fingerprint density at radius 2 is 2.15 bits per heavy atom. The Hall–Kier alpha value is -0.950. The normalized spacial score (nSPS) is 10.9. The molecule has 68 valence electrons. The topological polar surface area (TPSA) is 4.93 Å². The average Bonchev–Trinajstić information content (AvgIpc) is 2.49. The lowest BCUT2D eigenvalue weighted by Crippen LogP contribution is -1.93. The number of rotatable bonds is 2. The second kappa shape index (κ2) is 3.43. The zero-order chi connectivity index (χ0) is 9.26. The van der Waals surface area contributed by atoms with Crippen LogP contribution in [-0.2, 0) is 6.54 Å². The van der Waals surface area contributed by atoms with Crippen LogP contribution in [0.2, 0.25) is 5.02 Å². The molecule has 0 atom stereocenters. The summed E-state index contributed by atoms with van der Waals surface area (Å²) in [5.41, 5.74) is 1.23. The van der Waals surface area contributed by atoms with Gasteiger partial charge in [0.15, 0.2) is 0 Å². The maximum Gasteiger partial charge on any atom is 0.0495 e. The first kappa shape index (κ1) is 8.64. The standard InChI is InChI=1S/C11H12ClN/c1-2-6-13-7-5-9-3-4-10(12)8-11(9)13/h3-5,7-8H,2,6H2,1H3. The van der Waals surface area contributed by atoms with E-state index in [2.05, 4.69) is 29.8 Å². The third-order valence-electron chi connectivity index (χ3n) is 2.20. The molecule has 1 aromatic heterocycles. The summed E-state index contributed by atoms with van der Waals surface area (Å²) >= 11 is 5.93. The van der Waals surface area contributed by atoms with E-state index in [4.69, 9.17) is 11.6 Å². The fraction of sp³-hybridized carbons (Fsp3) is 0.273. The lowest BCUT2D eigenvalue weighted by molar-refractivity contribution is 0.703. The first-order valence-electron chi connectivity index (χ1n) is 4.55. The van der Waals surface area contributed by atoms with Crippen molar-refractivity contribution in [2.45, 2.75) is 19.9 Å². The van der Waals surface area contributed by atoms with E-state index in [1.54, 1.807) is 0 Å². The molecule has 0 saturated heterocycles. The first-order valence-corrected chi connectivity index (χ1v) is 4.93. The van der Waals surface area contributed by atoms with Crippen LogP contribution in [-0.4, -0.2) is 4.57 Å². The SMILES string of the molecule is CCCn1ccc2ccc(Cl)cc21. The van der Waals surface area contributed by atoms with E-state index in [-0.39, 0.29) is 0 Å². The summed E-state index contributed by atoms with van der Waals surface area (Å²) in [6, 6.07) is 8.14. The molecule has 0 spiro atoms. The molecule has 0 bridgehead atoms. The van der Waals surface area contributed by atoms with Gasteiger partial charge in [0.2, 0.25) is 0 Å². The molecule has 0 saturated carbocycles. The number of hydrogen-bond acceptors (Lipinski definition) is 0. The van der Waals surface area contributed by atoms with Gasteiger partial charge < -0.3 is 4.57 Å². The van der Waals surface area contributed by atoms with Crippen LogP contribution in [0.1, 0.15) is 13.3 Å². The van der Waals surface area contributed by atoms with Gasteiger partial charge in [0, 0.05) is 23.3 Å². The molecule has 1 aromatic carbocycles. The predicted molar refractivity (Wildman–Crippen MR) is 57.2 cm³/mol. The molecule has 0 aliphatic heterocycles. The molecule has 2 rings (SSSR count). The summed E-state index contributed by atoms with van der Waals surface area (Å²) in [6.07, 6.45) is 3.26. The smallest absolute Gasteiger partial charge is 0.0495 e. The van der Waals surface area contributed by atoms with Crippen LogP contribution >= 0.6 is 11.6 Å². The third kappa shape index (κ3) is 1.56. The Morgan fingerprint density at radius 1 is 1.31 bits per heavy atom. The molecule has 0 radical (unpaired) electrons. The van der Waals surface area contributed by atoms with Gasteiger partial charge in [-0.1, -0.05) is 24.6 Å². The van der Waals surface area contributed by atoms with Crippen molar-refractivity contribution in [3.63, 3.8) is 0 Å². The molecular formula is C11H12ClN. The van der Waals surface area contributed by atoms with Gasteiger partial charge in [0.05, 0.1) is 0 Å². The van der Waals surface area contributed by atoms with E-state index >= 15 is 0 Å². The van der Waals surface area contributed by atoms with Crippen molar-refractivity contribution in [2.75, 3.05) is 0 Å². The molecule has 1 nitrogen and oxygen atoms in total. The molecule has 0 aliphatic carbocycles. The van der Waals surface area contributed by atoms with Crippen molar-refractivity contribution in [3.05, 3.63) is 35.5 Å². The fourth-order valence-electron chi connectivity index (χ4n) is 1.59. The summed E-state index contributed by atoms with van der Waals surface area (Å²) in [6.45, 7) is 3.24. The summed E-state index contributed by atoms with van der Waals surface area (Å²) in [5, 5.41) is 2.07. The monoisotopic (exact) mass is 193 g/mol. The highest BCUT2D eigenvalue weighted by atomic mass is 35.5. The number of aryl methyl sites for hydroxylation is 1. The van der Waals surface area contributed by atoms with E-state index in [9.17, 15) is 0 Å². The van der Waals surface area contributed by atoms with Gasteiger partial charge in [-0.25, -0.2) is 0 Å². The van der Waals surface area contributed by atoms with Crippen molar-refractivity contribution in [2.24, 2.45) is 0 Å². The zero-order valence-corrected chi connectivity index (χ0v) is 8.38. The highest BCUT2D eigenvalue weighted by Gasteiger charge is 1.99. The first-order chi connectivity index (χ1) is 6.31. The molecule has 1 heterocycles. The van der Waals surface area contributed by atoms with Crippen molar-refractivity contribution in [3.8, 4) is 0 Å². The second-order valence-corrected chi connectivity index (χ2v) is 3.65. The Bertz CT molecular complexity index is 417. The van der Waals surface area contributed by atoms with Crippen molar-refractivity contribution < 1.29 is 0 Å². The minimum atomic E-state index is 0.809. The molecule has 0 unspecified atom stereocenters. The summed E-state index contributed by atoms with van der Waals surface area (Å²) in [5.74, 6) is 0. The van der Waals surface area contributed by atoms with Gasteiger partial charge in [-0.05, 0) is 30.0 Å². The predicted octanol–water partition coefficient (Wildman–Crippen LogP) is 3.70. The van der Waals surface area contributed by atoms with Crippen molar-refractivity contribution in [1.29, 1.82) is 0 Å². The third-order valence-corrected chi connectivity index (χ3v) is 2.44. The summed E-state index contributed by atoms with van der Waals surface area (Å²) in [4.78, 5) is 0. The quantitative estimate of drug-likeness (QED) is 0.686. The minimum absolute atomic E-state index is 0.809. The maximum absolute atomic E-state index is 5.93. The van der Waals surface area contributed by atoms with Gasteiger partial charge in [-0.15, -0.1) is 0 Å². The van der Waals surface area contributed by atoms with E-state index in [0.717, 1.165) is 18.0 Å². The molecule has 2 aromatic rings. The Balaban J connectivity index is 2.58. The molecular weight excluding hydrogens is 182 g/mol. The second-order valence-electron chi connectivity index (χ2n) is 3.21. The van der Waals surface area contributed by atoms with E-state index < -0.39 is 0 Å². The van der Waals surface area contributed by atoms with Gasteiger partial charge in [-0.2, -0.15) is 0 Å². The number of hydrogen-bond donors (Lipinski definition) is 0. The van der Waals surface area contributed by atoms with E-state index in [1.165, 1.54) is 10.9 Å². The summed E-state index contributed by atoms with van der Waals surface area (Å²) in [7, 11) is 0. The molecule has 13 heavy (non-hydrogen) atoms. The van der Waals surface area contributed by atoms with Crippen LogP contribution in [0.15, 0.2) is 30.5 Å². The average molecular weight is 194 g/mol. The highest BCUT2D eigenvalue weighted by Crippen LogP contribution is 2.20. The number of aromatic nitrogens is 1. The van der Waals surface area contributed by atoms with Gasteiger partial charge in [0.1, 0.15) is 0 Å². The Labute approximate surface area is 82.9 Å². The highest BCUT2D eigenvalue weighted by molar-refractivity contribution is 6.31. The lowest BCUT2D eigenvalue weighted by Gasteiger charge is -2.02. The van der Waals surface area contributed by atoms with Gasteiger partial charge >= 0.3 is 0 Å². The Morgan fingerprint density at radius 3 is 2.92 bits per heavy atom. The largest absolute Gasteiger partial charge is 0.347 e. The molecule has 0 N–H and O–H groups in total. The number of nitrogens with zero attached hydrogens (tertiary/aromatic N) is 1. The van der Waals surface area contributed by atoms with Crippen LogP contribution < -0.4 is 0 Å². The molecule has 0 aliphatic rings. The minimum Gasteiger partial charge on any atom is -0.347 e. The van der Waals surface area contributed by atoms with Crippen LogP contribution in [0.25, 0.3) is 10.9 Å². The van der Waals surface area contributed by atoms with Crippen molar-refractivity contribution >= 4 is 22.5 Å². The van der Waals surface area contributed by atoms with Crippen LogP contribution in [0.4, 0.5) is 0 Å². The molecule has 2 heteroatoms. The van der Waals surface area contributed by atoms with Gasteiger partial charge in [-0.3, -0.25) is 0 Å².